The first kappa shape index (κ1) is 21.6. The molecule has 0 radical (unpaired) electrons. The fraction of sp³-hybridized carbons (Fsp3) is 0.562. The Morgan fingerprint density at radius 3 is 2.43 bits per heavy atom. The second-order valence-electron chi connectivity index (χ2n) is 5.61. The fourth-order valence-corrected chi connectivity index (χ4v) is 1.78. The van der Waals surface area contributed by atoms with E-state index >= 15 is 0 Å². The lowest BCUT2D eigenvalue weighted by molar-refractivity contribution is -0.128. The summed E-state index contributed by atoms with van der Waals surface area (Å²) in [5.74, 6) is 0.716. The van der Waals surface area contributed by atoms with Crippen LogP contribution in [0.2, 0.25) is 0 Å². The zero-order valence-electron chi connectivity index (χ0n) is 14.3. The van der Waals surface area contributed by atoms with Gasteiger partial charge in [0.1, 0.15) is 0 Å². The minimum atomic E-state index is -0.503. The van der Waals surface area contributed by atoms with Gasteiger partial charge in [0.2, 0.25) is 5.91 Å². The van der Waals surface area contributed by atoms with Crippen LogP contribution < -0.4 is 16.0 Å². The lowest BCUT2D eigenvalue weighted by atomic mass is 9.92. The third-order valence-corrected chi connectivity index (χ3v) is 3.12. The van der Waals surface area contributed by atoms with Crippen LogP contribution in [0.4, 0.5) is 0 Å². The maximum Gasteiger partial charge on any atom is 0.227 e. The van der Waals surface area contributed by atoms with E-state index in [1.54, 1.807) is 6.20 Å². The summed E-state index contributed by atoms with van der Waals surface area (Å²) in [7, 11) is 0. The van der Waals surface area contributed by atoms with Crippen molar-refractivity contribution in [3.63, 3.8) is 0 Å². The van der Waals surface area contributed by atoms with Crippen molar-refractivity contribution in [3.05, 3.63) is 30.1 Å². The average Bonchev–Trinajstić information content (AvgIpc) is 2.51. The standard InChI is InChI=1S/C16H27N5O.HI/c1-5-17-14(22)16(3,4)12-21-15(18-6-2)20-11-13-9-7-8-10-19-13;/h7-10H,5-6,11-12H2,1-4H3,(H,17,22)(H2,18,20,21);1H. The molecule has 23 heavy (non-hydrogen) atoms. The largest absolute Gasteiger partial charge is 0.357 e. The van der Waals surface area contributed by atoms with Gasteiger partial charge in [-0.3, -0.25) is 9.78 Å². The highest BCUT2D eigenvalue weighted by Gasteiger charge is 2.27. The van der Waals surface area contributed by atoms with Gasteiger partial charge in [0.05, 0.1) is 17.7 Å². The third kappa shape index (κ3) is 8.15. The molecule has 3 N–H and O–H groups in total. The van der Waals surface area contributed by atoms with Crippen LogP contribution >= 0.6 is 24.0 Å². The van der Waals surface area contributed by atoms with Crippen molar-refractivity contribution in [1.29, 1.82) is 0 Å². The van der Waals surface area contributed by atoms with Gasteiger partial charge >= 0.3 is 0 Å². The lowest BCUT2D eigenvalue weighted by Gasteiger charge is -2.24. The Morgan fingerprint density at radius 2 is 1.87 bits per heavy atom. The van der Waals surface area contributed by atoms with Gasteiger partial charge in [0, 0.05) is 25.8 Å². The van der Waals surface area contributed by atoms with Gasteiger partial charge in [-0.2, -0.15) is 0 Å². The topological polar surface area (TPSA) is 78.4 Å². The molecule has 130 valence electrons. The number of aliphatic imine (C=N–C) groups is 1. The van der Waals surface area contributed by atoms with Crippen molar-refractivity contribution in [2.45, 2.75) is 34.2 Å². The predicted molar refractivity (Wildman–Crippen MR) is 105 cm³/mol. The highest BCUT2D eigenvalue weighted by atomic mass is 127. The summed E-state index contributed by atoms with van der Waals surface area (Å²) in [5.41, 5.74) is 0.402. The Morgan fingerprint density at radius 1 is 1.17 bits per heavy atom. The summed E-state index contributed by atoms with van der Waals surface area (Å²) in [6.45, 7) is 10.1. The van der Waals surface area contributed by atoms with E-state index in [2.05, 4.69) is 25.9 Å². The maximum atomic E-state index is 12.0. The van der Waals surface area contributed by atoms with E-state index in [1.807, 2.05) is 45.9 Å². The number of amides is 1. The number of halogens is 1. The quantitative estimate of drug-likeness (QED) is 0.349. The van der Waals surface area contributed by atoms with Crippen molar-refractivity contribution in [3.8, 4) is 0 Å². The number of aromatic nitrogens is 1. The second-order valence-corrected chi connectivity index (χ2v) is 5.61. The van der Waals surface area contributed by atoms with Crippen LogP contribution in [-0.2, 0) is 11.3 Å². The van der Waals surface area contributed by atoms with E-state index in [-0.39, 0.29) is 29.9 Å². The number of hydrogen-bond donors (Lipinski definition) is 3. The van der Waals surface area contributed by atoms with Crippen LogP contribution in [0.1, 0.15) is 33.4 Å². The molecule has 1 heterocycles. The highest BCUT2D eigenvalue weighted by molar-refractivity contribution is 14.0. The van der Waals surface area contributed by atoms with Crippen LogP contribution in [0.5, 0.6) is 0 Å². The van der Waals surface area contributed by atoms with Crippen molar-refractivity contribution in [1.82, 2.24) is 20.9 Å². The zero-order chi connectivity index (χ0) is 16.4. The molecule has 1 aromatic heterocycles. The third-order valence-electron chi connectivity index (χ3n) is 3.12. The van der Waals surface area contributed by atoms with Crippen molar-refractivity contribution in [2.24, 2.45) is 10.4 Å². The fourth-order valence-electron chi connectivity index (χ4n) is 1.78. The van der Waals surface area contributed by atoms with Crippen LogP contribution in [-0.4, -0.2) is 36.5 Å². The van der Waals surface area contributed by atoms with Crippen molar-refractivity contribution >= 4 is 35.8 Å². The van der Waals surface area contributed by atoms with Crippen molar-refractivity contribution < 1.29 is 4.79 Å². The van der Waals surface area contributed by atoms with Gasteiger partial charge < -0.3 is 16.0 Å². The first-order valence-electron chi connectivity index (χ1n) is 7.70. The van der Waals surface area contributed by atoms with Gasteiger partial charge in [0.25, 0.3) is 0 Å². The Bertz CT molecular complexity index is 491. The Hall–Kier alpha value is -1.38. The molecular weight excluding hydrogens is 405 g/mol. The number of nitrogens with zero attached hydrogens (tertiary/aromatic N) is 2. The maximum absolute atomic E-state index is 12.0. The highest BCUT2D eigenvalue weighted by Crippen LogP contribution is 2.13. The molecule has 0 saturated carbocycles. The predicted octanol–water partition coefficient (Wildman–Crippen LogP) is 1.92. The lowest BCUT2D eigenvalue weighted by Crippen LogP contribution is -2.47. The molecule has 1 rings (SSSR count). The Balaban J connectivity index is 0.00000484. The molecule has 0 aliphatic heterocycles. The van der Waals surface area contributed by atoms with Crippen LogP contribution in [0.3, 0.4) is 0 Å². The minimum absolute atomic E-state index is 0. The summed E-state index contributed by atoms with van der Waals surface area (Å²) in [6, 6.07) is 5.76. The summed E-state index contributed by atoms with van der Waals surface area (Å²) < 4.78 is 0. The molecule has 0 bridgehead atoms. The normalized spacial score (nSPS) is 11.4. The van der Waals surface area contributed by atoms with Gasteiger partial charge in [-0.25, -0.2) is 4.99 Å². The first-order valence-corrected chi connectivity index (χ1v) is 7.70. The number of rotatable bonds is 7. The van der Waals surface area contributed by atoms with Gasteiger partial charge in [-0.1, -0.05) is 6.07 Å². The van der Waals surface area contributed by atoms with E-state index in [9.17, 15) is 4.79 Å². The summed E-state index contributed by atoms with van der Waals surface area (Å²) in [4.78, 5) is 20.7. The van der Waals surface area contributed by atoms with Crippen LogP contribution in [0.25, 0.3) is 0 Å². The van der Waals surface area contributed by atoms with Gasteiger partial charge in [-0.05, 0) is 39.8 Å². The van der Waals surface area contributed by atoms with E-state index < -0.39 is 5.41 Å². The molecule has 0 aliphatic rings. The first-order chi connectivity index (χ1) is 10.5. The van der Waals surface area contributed by atoms with Crippen LogP contribution in [0, 0.1) is 5.41 Å². The average molecular weight is 433 g/mol. The number of pyridine rings is 1. The molecule has 0 unspecified atom stereocenters. The molecule has 0 atom stereocenters. The van der Waals surface area contributed by atoms with E-state index in [1.165, 1.54) is 0 Å². The molecule has 6 nitrogen and oxygen atoms in total. The summed E-state index contributed by atoms with van der Waals surface area (Å²) in [6.07, 6.45) is 1.75. The molecule has 0 aliphatic carbocycles. The monoisotopic (exact) mass is 433 g/mol. The summed E-state index contributed by atoms with van der Waals surface area (Å²) >= 11 is 0. The SMILES string of the molecule is CCNC(=O)C(C)(C)CNC(=NCc1ccccn1)NCC.I. The second kappa shape index (κ2) is 11.2. The molecule has 0 aromatic carbocycles. The Labute approximate surface area is 156 Å². The smallest absolute Gasteiger partial charge is 0.227 e. The molecule has 0 saturated heterocycles. The number of carbonyl (C=O) groups is 1. The van der Waals surface area contributed by atoms with Crippen molar-refractivity contribution in [2.75, 3.05) is 19.6 Å². The minimum Gasteiger partial charge on any atom is -0.357 e. The zero-order valence-corrected chi connectivity index (χ0v) is 16.7. The molecule has 7 heteroatoms. The number of hydrogen-bond acceptors (Lipinski definition) is 3. The Kier molecular flexibility index (Phi) is 10.5. The molecule has 0 spiro atoms. The summed E-state index contributed by atoms with van der Waals surface area (Å²) in [5, 5.41) is 9.25. The number of carbonyl (C=O) groups excluding carboxylic acids is 1. The number of guanidine groups is 1. The molecule has 1 amide bonds. The van der Waals surface area contributed by atoms with E-state index in [4.69, 9.17) is 0 Å². The van der Waals surface area contributed by atoms with Gasteiger partial charge in [0.15, 0.2) is 5.96 Å². The van der Waals surface area contributed by atoms with E-state index in [0.717, 1.165) is 12.2 Å². The molecular formula is C16H28IN5O. The number of nitrogens with one attached hydrogen (secondary N) is 3. The van der Waals surface area contributed by atoms with Gasteiger partial charge in [-0.15, -0.1) is 24.0 Å². The molecule has 1 aromatic rings. The van der Waals surface area contributed by atoms with E-state index in [0.29, 0.717) is 25.6 Å². The molecule has 0 fully saturated rings. The van der Waals surface area contributed by atoms with Crippen LogP contribution in [0.15, 0.2) is 29.4 Å².